The van der Waals surface area contributed by atoms with E-state index in [-0.39, 0.29) is 4.21 Å². The normalized spacial score (nSPS) is 13.6. The van der Waals surface area contributed by atoms with Gasteiger partial charge in [0.2, 0.25) is 0 Å². The number of thiophene rings is 1. The molecule has 0 aliphatic heterocycles. The van der Waals surface area contributed by atoms with Gasteiger partial charge < -0.3 is 10.2 Å². The fraction of sp³-hybridized carbons (Fsp3) is 0.286. The average molecular weight is 330 g/mol. The summed E-state index contributed by atoms with van der Waals surface area (Å²) in [5.41, 5.74) is 0. The number of carbonyl (C=O) groups is 1. The lowest BCUT2D eigenvalue weighted by Gasteiger charge is -2.11. The first kappa shape index (κ1) is 13.6. The molecule has 1 aromatic rings. The Hall–Kier alpha value is -0.480. The molecule has 0 saturated carbocycles. The minimum atomic E-state index is -3.92. The average Bonchev–Trinajstić information content (AvgIpc) is 2.61. The van der Waals surface area contributed by atoms with Crippen molar-refractivity contribution in [1.29, 1.82) is 0 Å². The third-order valence-electron chi connectivity index (χ3n) is 1.61. The third-order valence-corrected chi connectivity index (χ3v) is 5.75. The molecule has 1 unspecified atom stereocenters. The summed E-state index contributed by atoms with van der Waals surface area (Å²) in [6.07, 6.45) is 0. The maximum atomic E-state index is 11.7. The minimum Gasteiger partial charge on any atom is -0.480 e. The SMILES string of the molecule is O=C(O)C(CO)NS(=O)(=O)c1sccc1Br. The van der Waals surface area contributed by atoms with E-state index >= 15 is 0 Å². The molecular formula is C7H8BrNO5S2. The van der Waals surface area contributed by atoms with Crippen LogP contribution in [0.25, 0.3) is 0 Å². The molecule has 0 saturated heterocycles. The molecule has 1 atom stereocenters. The number of carboxylic acid groups (broad SMARTS) is 1. The Labute approximate surface area is 104 Å². The molecule has 0 radical (unpaired) electrons. The molecule has 0 aromatic carbocycles. The number of aliphatic hydroxyl groups excluding tert-OH is 1. The Morgan fingerprint density at radius 1 is 1.62 bits per heavy atom. The Balaban J connectivity index is 2.97. The van der Waals surface area contributed by atoms with E-state index in [0.717, 1.165) is 11.3 Å². The molecule has 1 aromatic heterocycles. The van der Waals surface area contributed by atoms with Gasteiger partial charge in [0.1, 0.15) is 10.3 Å². The predicted molar refractivity (Wildman–Crippen MR) is 60.9 cm³/mol. The summed E-state index contributed by atoms with van der Waals surface area (Å²) < 4.78 is 25.6. The fourth-order valence-electron chi connectivity index (χ4n) is 0.878. The summed E-state index contributed by atoms with van der Waals surface area (Å²) in [5.74, 6) is -1.43. The number of rotatable bonds is 5. The van der Waals surface area contributed by atoms with Crippen LogP contribution in [0.1, 0.15) is 0 Å². The van der Waals surface area contributed by atoms with E-state index in [9.17, 15) is 13.2 Å². The molecule has 3 N–H and O–H groups in total. The number of hydrogen-bond acceptors (Lipinski definition) is 5. The summed E-state index contributed by atoms with van der Waals surface area (Å²) in [4.78, 5) is 10.6. The van der Waals surface area contributed by atoms with Gasteiger partial charge in [-0.3, -0.25) is 4.79 Å². The summed E-state index contributed by atoms with van der Waals surface area (Å²) in [5, 5.41) is 18.9. The van der Waals surface area contributed by atoms with Crippen LogP contribution in [0.4, 0.5) is 0 Å². The summed E-state index contributed by atoms with van der Waals surface area (Å²) in [7, 11) is -3.92. The highest BCUT2D eigenvalue weighted by molar-refractivity contribution is 9.10. The van der Waals surface area contributed by atoms with Gasteiger partial charge in [-0.05, 0) is 27.4 Å². The van der Waals surface area contributed by atoms with Crippen LogP contribution in [0.2, 0.25) is 0 Å². The minimum absolute atomic E-state index is 0.0211. The second-order valence-electron chi connectivity index (χ2n) is 2.75. The van der Waals surface area contributed by atoms with Crippen LogP contribution in [0, 0.1) is 0 Å². The molecule has 9 heteroatoms. The number of nitrogens with one attached hydrogen (secondary N) is 1. The van der Waals surface area contributed by atoms with Crippen LogP contribution in [0.15, 0.2) is 20.1 Å². The van der Waals surface area contributed by atoms with Gasteiger partial charge in [0.25, 0.3) is 10.0 Å². The standard InChI is InChI=1S/C7H8BrNO5S2/c8-4-1-2-15-7(4)16(13,14)9-5(3-10)6(11)12/h1-2,5,9-10H,3H2,(H,11,12). The first-order chi connectivity index (χ1) is 7.38. The zero-order chi connectivity index (χ0) is 12.3. The number of aliphatic hydroxyl groups is 1. The van der Waals surface area contributed by atoms with Gasteiger partial charge in [-0.25, -0.2) is 8.42 Å². The maximum Gasteiger partial charge on any atom is 0.324 e. The molecule has 0 aliphatic rings. The van der Waals surface area contributed by atoms with Gasteiger partial charge in [-0.2, -0.15) is 4.72 Å². The van der Waals surface area contributed by atoms with Gasteiger partial charge in [-0.15, -0.1) is 11.3 Å². The number of hydrogen-bond donors (Lipinski definition) is 3. The number of sulfonamides is 1. The second kappa shape index (κ2) is 5.23. The molecule has 6 nitrogen and oxygen atoms in total. The summed E-state index contributed by atoms with van der Waals surface area (Å²) in [6.45, 7) is -0.808. The highest BCUT2D eigenvalue weighted by Crippen LogP contribution is 2.27. The van der Waals surface area contributed by atoms with Crippen molar-refractivity contribution in [1.82, 2.24) is 4.72 Å². The monoisotopic (exact) mass is 329 g/mol. The van der Waals surface area contributed by atoms with Crippen molar-refractivity contribution in [3.63, 3.8) is 0 Å². The number of aliphatic carboxylic acids is 1. The van der Waals surface area contributed by atoms with E-state index in [0.29, 0.717) is 4.47 Å². The lowest BCUT2D eigenvalue weighted by molar-refractivity contribution is -0.139. The lowest BCUT2D eigenvalue weighted by atomic mass is 10.3. The first-order valence-corrected chi connectivity index (χ1v) is 7.13. The number of halogens is 1. The summed E-state index contributed by atoms with van der Waals surface area (Å²) in [6, 6.07) is -0.00693. The third kappa shape index (κ3) is 3.01. The Morgan fingerprint density at radius 3 is 2.62 bits per heavy atom. The predicted octanol–water partition coefficient (Wildman–Crippen LogP) is 0.234. The number of carboxylic acids is 1. The molecule has 1 heterocycles. The maximum absolute atomic E-state index is 11.7. The van der Waals surface area contributed by atoms with Gasteiger partial charge in [-0.1, -0.05) is 0 Å². The Morgan fingerprint density at radius 2 is 2.25 bits per heavy atom. The Kier molecular flexibility index (Phi) is 4.44. The van der Waals surface area contributed by atoms with Gasteiger partial charge in [0.15, 0.2) is 0 Å². The molecule has 0 spiro atoms. The van der Waals surface area contributed by atoms with E-state index < -0.39 is 28.6 Å². The summed E-state index contributed by atoms with van der Waals surface area (Å²) >= 11 is 3.98. The van der Waals surface area contributed by atoms with Crippen molar-refractivity contribution in [3.8, 4) is 0 Å². The molecule has 0 aliphatic carbocycles. The van der Waals surface area contributed by atoms with Crippen LogP contribution < -0.4 is 4.72 Å². The van der Waals surface area contributed by atoms with Crippen molar-refractivity contribution in [2.45, 2.75) is 10.3 Å². The van der Waals surface area contributed by atoms with Crippen molar-refractivity contribution < 1.29 is 23.4 Å². The topological polar surface area (TPSA) is 104 Å². The smallest absolute Gasteiger partial charge is 0.324 e. The molecule has 0 bridgehead atoms. The largest absolute Gasteiger partial charge is 0.480 e. The van der Waals surface area contributed by atoms with Crippen LogP contribution in [-0.4, -0.2) is 37.2 Å². The highest BCUT2D eigenvalue weighted by atomic mass is 79.9. The first-order valence-electron chi connectivity index (χ1n) is 3.97. The molecular weight excluding hydrogens is 322 g/mol. The highest BCUT2D eigenvalue weighted by Gasteiger charge is 2.26. The van der Waals surface area contributed by atoms with E-state index in [1.165, 1.54) is 6.07 Å². The van der Waals surface area contributed by atoms with Crippen LogP contribution in [0.5, 0.6) is 0 Å². The van der Waals surface area contributed by atoms with E-state index in [4.69, 9.17) is 10.2 Å². The zero-order valence-electron chi connectivity index (χ0n) is 7.75. The van der Waals surface area contributed by atoms with Crippen LogP contribution in [0.3, 0.4) is 0 Å². The molecule has 0 amide bonds. The molecule has 0 fully saturated rings. The second-order valence-corrected chi connectivity index (χ2v) is 6.43. The molecule has 1 rings (SSSR count). The zero-order valence-corrected chi connectivity index (χ0v) is 11.0. The molecule has 16 heavy (non-hydrogen) atoms. The van der Waals surface area contributed by atoms with E-state index in [1.807, 2.05) is 4.72 Å². The fourth-order valence-corrected chi connectivity index (χ4v) is 4.41. The van der Waals surface area contributed by atoms with E-state index in [2.05, 4.69) is 15.9 Å². The lowest BCUT2D eigenvalue weighted by Crippen LogP contribution is -2.43. The Bertz CT molecular complexity index is 483. The van der Waals surface area contributed by atoms with Crippen LogP contribution >= 0.6 is 27.3 Å². The molecule has 90 valence electrons. The van der Waals surface area contributed by atoms with Crippen molar-refractivity contribution in [3.05, 3.63) is 15.9 Å². The van der Waals surface area contributed by atoms with E-state index in [1.54, 1.807) is 5.38 Å². The van der Waals surface area contributed by atoms with Crippen molar-refractivity contribution >= 4 is 43.3 Å². The van der Waals surface area contributed by atoms with Gasteiger partial charge in [0.05, 0.1) is 6.61 Å². The van der Waals surface area contributed by atoms with Gasteiger partial charge >= 0.3 is 5.97 Å². The van der Waals surface area contributed by atoms with Crippen molar-refractivity contribution in [2.75, 3.05) is 6.61 Å². The van der Waals surface area contributed by atoms with Crippen molar-refractivity contribution in [2.24, 2.45) is 0 Å². The quantitative estimate of drug-likeness (QED) is 0.717. The van der Waals surface area contributed by atoms with Crippen LogP contribution in [-0.2, 0) is 14.8 Å². The van der Waals surface area contributed by atoms with Gasteiger partial charge in [0, 0.05) is 4.47 Å².